The number of anilines is 1. The van der Waals surface area contributed by atoms with E-state index < -0.39 is 5.82 Å². The van der Waals surface area contributed by atoms with Crippen LogP contribution >= 0.6 is 0 Å². The minimum atomic E-state index is -0.473. The fourth-order valence-corrected chi connectivity index (χ4v) is 1.24. The molecule has 0 atom stereocenters. The molecule has 1 aromatic carbocycles. The molecular formula is C9H9FN4O. The van der Waals surface area contributed by atoms with Gasteiger partial charge in [0.1, 0.15) is 24.1 Å². The molecule has 78 valence electrons. The van der Waals surface area contributed by atoms with Crippen molar-refractivity contribution in [1.82, 2.24) is 14.8 Å². The average Bonchev–Trinajstić information content (AvgIpc) is 2.71. The summed E-state index contributed by atoms with van der Waals surface area (Å²) >= 11 is 0. The van der Waals surface area contributed by atoms with Gasteiger partial charge >= 0.3 is 0 Å². The van der Waals surface area contributed by atoms with E-state index >= 15 is 0 Å². The Kier molecular flexibility index (Phi) is 2.24. The zero-order valence-corrected chi connectivity index (χ0v) is 8.01. The molecule has 15 heavy (non-hydrogen) atoms. The number of halogens is 1. The van der Waals surface area contributed by atoms with E-state index in [0.29, 0.717) is 5.75 Å². The van der Waals surface area contributed by atoms with E-state index in [1.165, 1.54) is 36.6 Å². The summed E-state index contributed by atoms with van der Waals surface area (Å²) in [6.07, 6.45) is 2.72. The summed E-state index contributed by atoms with van der Waals surface area (Å²) in [6.45, 7) is 0. The van der Waals surface area contributed by atoms with Crippen LogP contribution in [0.5, 0.6) is 5.75 Å². The maximum absolute atomic E-state index is 13.5. The molecule has 0 spiro atoms. The molecule has 1 heterocycles. The third-order valence-electron chi connectivity index (χ3n) is 1.96. The third-order valence-corrected chi connectivity index (χ3v) is 1.96. The summed E-state index contributed by atoms with van der Waals surface area (Å²) in [5.41, 5.74) is 6.04. The standard InChI is InChI=1S/C9H9FN4O/c1-15-9-3-8(6(10)2-7(9)11)14-5-12-4-13-14/h2-5H,11H2,1H3. The van der Waals surface area contributed by atoms with Crippen molar-refractivity contribution in [3.05, 3.63) is 30.6 Å². The molecule has 2 aromatic rings. The molecule has 0 aliphatic heterocycles. The molecule has 6 heteroatoms. The Hall–Kier alpha value is -2.11. The normalized spacial score (nSPS) is 10.3. The van der Waals surface area contributed by atoms with Gasteiger partial charge in [-0.2, -0.15) is 5.10 Å². The average molecular weight is 208 g/mol. The van der Waals surface area contributed by atoms with Gasteiger partial charge in [0, 0.05) is 12.1 Å². The van der Waals surface area contributed by atoms with Crippen molar-refractivity contribution >= 4 is 5.69 Å². The van der Waals surface area contributed by atoms with Gasteiger partial charge < -0.3 is 10.5 Å². The Morgan fingerprint density at radius 1 is 1.47 bits per heavy atom. The van der Waals surface area contributed by atoms with Crippen molar-refractivity contribution < 1.29 is 9.13 Å². The van der Waals surface area contributed by atoms with Gasteiger partial charge in [-0.1, -0.05) is 0 Å². The van der Waals surface area contributed by atoms with Crippen molar-refractivity contribution in [2.75, 3.05) is 12.8 Å². The monoisotopic (exact) mass is 208 g/mol. The Balaban J connectivity index is 2.57. The first-order valence-electron chi connectivity index (χ1n) is 4.20. The molecular weight excluding hydrogens is 199 g/mol. The molecule has 1 aromatic heterocycles. The molecule has 0 saturated carbocycles. The van der Waals surface area contributed by atoms with E-state index in [4.69, 9.17) is 10.5 Å². The molecule has 0 fully saturated rings. The van der Waals surface area contributed by atoms with Crippen molar-refractivity contribution in [1.29, 1.82) is 0 Å². The van der Waals surface area contributed by atoms with E-state index in [1.54, 1.807) is 0 Å². The van der Waals surface area contributed by atoms with E-state index in [-0.39, 0.29) is 11.4 Å². The first-order valence-corrected chi connectivity index (χ1v) is 4.20. The first-order chi connectivity index (χ1) is 7.22. The summed E-state index contributed by atoms with van der Waals surface area (Å²) in [5, 5.41) is 3.82. The number of nitrogens with zero attached hydrogens (tertiary/aromatic N) is 3. The summed E-state index contributed by atoms with van der Waals surface area (Å²) in [6, 6.07) is 2.66. The van der Waals surface area contributed by atoms with Gasteiger partial charge in [0.2, 0.25) is 0 Å². The van der Waals surface area contributed by atoms with Crippen molar-refractivity contribution in [3.63, 3.8) is 0 Å². The zero-order valence-electron chi connectivity index (χ0n) is 8.01. The van der Waals surface area contributed by atoms with Gasteiger partial charge in [-0.25, -0.2) is 14.1 Å². The molecule has 0 unspecified atom stereocenters. The number of aromatic nitrogens is 3. The Labute approximate surface area is 85.3 Å². The highest BCUT2D eigenvalue weighted by Crippen LogP contribution is 2.26. The number of hydrogen-bond donors (Lipinski definition) is 1. The number of hydrogen-bond acceptors (Lipinski definition) is 4. The van der Waals surface area contributed by atoms with Crippen LogP contribution in [0.3, 0.4) is 0 Å². The van der Waals surface area contributed by atoms with Crippen molar-refractivity contribution in [2.24, 2.45) is 0 Å². The molecule has 0 aliphatic rings. The van der Waals surface area contributed by atoms with Gasteiger partial charge in [-0.05, 0) is 0 Å². The van der Waals surface area contributed by atoms with E-state index in [1.807, 2.05) is 0 Å². The van der Waals surface area contributed by atoms with Gasteiger partial charge in [-0.3, -0.25) is 0 Å². The second-order valence-corrected chi connectivity index (χ2v) is 2.89. The second kappa shape index (κ2) is 3.56. The van der Waals surface area contributed by atoms with Crippen LogP contribution in [-0.2, 0) is 0 Å². The number of ether oxygens (including phenoxy) is 1. The fourth-order valence-electron chi connectivity index (χ4n) is 1.24. The quantitative estimate of drug-likeness (QED) is 0.747. The van der Waals surface area contributed by atoms with E-state index in [9.17, 15) is 4.39 Å². The van der Waals surface area contributed by atoms with Crippen LogP contribution in [0.2, 0.25) is 0 Å². The van der Waals surface area contributed by atoms with Crippen LogP contribution in [0.1, 0.15) is 0 Å². The number of methoxy groups -OCH3 is 1. The highest BCUT2D eigenvalue weighted by atomic mass is 19.1. The largest absolute Gasteiger partial charge is 0.495 e. The summed E-state index contributed by atoms with van der Waals surface area (Å²) in [7, 11) is 1.47. The number of rotatable bonds is 2. The SMILES string of the molecule is COc1cc(-n2cncn2)c(F)cc1N. The lowest BCUT2D eigenvalue weighted by molar-refractivity contribution is 0.415. The highest BCUT2D eigenvalue weighted by molar-refractivity contribution is 5.57. The molecule has 2 N–H and O–H groups in total. The number of nitrogens with two attached hydrogens (primary N) is 1. The van der Waals surface area contributed by atoms with Crippen LogP contribution in [0, 0.1) is 5.82 Å². The Bertz CT molecular complexity index is 469. The topological polar surface area (TPSA) is 66.0 Å². The Morgan fingerprint density at radius 2 is 2.27 bits per heavy atom. The van der Waals surface area contributed by atoms with Crippen LogP contribution in [0.15, 0.2) is 24.8 Å². The molecule has 0 bridgehead atoms. The highest BCUT2D eigenvalue weighted by Gasteiger charge is 2.10. The fraction of sp³-hybridized carbons (Fsp3) is 0.111. The molecule has 0 radical (unpaired) electrons. The second-order valence-electron chi connectivity index (χ2n) is 2.89. The van der Waals surface area contributed by atoms with Crippen LogP contribution in [0.4, 0.5) is 10.1 Å². The first kappa shape index (κ1) is 9.45. The van der Waals surface area contributed by atoms with Gasteiger partial charge in [-0.15, -0.1) is 0 Å². The van der Waals surface area contributed by atoms with E-state index in [0.717, 1.165) is 0 Å². The van der Waals surface area contributed by atoms with Crippen LogP contribution in [-0.4, -0.2) is 21.9 Å². The van der Waals surface area contributed by atoms with Gasteiger partial charge in [0.05, 0.1) is 12.8 Å². The summed E-state index contributed by atoms with van der Waals surface area (Å²) < 4.78 is 19.8. The molecule has 5 nitrogen and oxygen atoms in total. The molecule has 0 saturated heterocycles. The zero-order chi connectivity index (χ0) is 10.8. The molecule has 2 rings (SSSR count). The van der Waals surface area contributed by atoms with Gasteiger partial charge in [0.25, 0.3) is 0 Å². The van der Waals surface area contributed by atoms with Crippen molar-refractivity contribution in [3.8, 4) is 11.4 Å². The molecule has 0 aliphatic carbocycles. The smallest absolute Gasteiger partial charge is 0.151 e. The lowest BCUT2D eigenvalue weighted by Crippen LogP contribution is -2.01. The lowest BCUT2D eigenvalue weighted by atomic mass is 10.2. The number of nitrogen functional groups attached to an aromatic ring is 1. The summed E-state index contributed by atoms with van der Waals surface area (Å²) in [4.78, 5) is 3.73. The summed E-state index contributed by atoms with van der Waals surface area (Å²) in [5.74, 6) is -0.0688. The maximum atomic E-state index is 13.5. The van der Waals surface area contributed by atoms with Crippen molar-refractivity contribution in [2.45, 2.75) is 0 Å². The third kappa shape index (κ3) is 1.61. The predicted molar refractivity (Wildman–Crippen MR) is 52.3 cm³/mol. The van der Waals surface area contributed by atoms with Gasteiger partial charge in [0.15, 0.2) is 5.82 Å². The van der Waals surface area contributed by atoms with E-state index in [2.05, 4.69) is 10.1 Å². The Morgan fingerprint density at radius 3 is 2.87 bits per heavy atom. The minimum Gasteiger partial charge on any atom is -0.495 e. The lowest BCUT2D eigenvalue weighted by Gasteiger charge is -2.08. The predicted octanol–water partition coefficient (Wildman–Crippen LogP) is 0.997. The van der Waals surface area contributed by atoms with Crippen LogP contribution < -0.4 is 10.5 Å². The number of benzene rings is 1. The minimum absolute atomic E-state index is 0.249. The maximum Gasteiger partial charge on any atom is 0.151 e. The van der Waals surface area contributed by atoms with Crippen LogP contribution in [0.25, 0.3) is 5.69 Å². The molecule has 0 amide bonds.